The minimum atomic E-state index is 0.876. The summed E-state index contributed by atoms with van der Waals surface area (Å²) in [6, 6.07) is 12.9. The Morgan fingerprint density at radius 2 is 1.84 bits per heavy atom. The summed E-state index contributed by atoms with van der Waals surface area (Å²) in [5.41, 5.74) is 6.30. The van der Waals surface area contributed by atoms with E-state index < -0.39 is 0 Å². The summed E-state index contributed by atoms with van der Waals surface area (Å²) in [5, 5.41) is 3.23. The molecule has 2 heteroatoms. The van der Waals surface area contributed by atoms with Crippen LogP contribution in [0.4, 0.5) is 0 Å². The first-order valence-electron chi connectivity index (χ1n) is 6.55. The molecule has 100 valence electrons. The normalized spacial score (nSPS) is 10.5. The van der Waals surface area contributed by atoms with Gasteiger partial charge in [0.15, 0.2) is 0 Å². The van der Waals surface area contributed by atoms with Crippen LogP contribution in [0.25, 0.3) is 11.1 Å². The SMILES string of the molecule is CNCc1ccc(C)cc1-c1ccc(OC)c(C)c1. The average Bonchev–Trinajstić information content (AvgIpc) is 2.41. The summed E-state index contributed by atoms with van der Waals surface area (Å²) < 4.78 is 5.32. The summed E-state index contributed by atoms with van der Waals surface area (Å²) in [6.07, 6.45) is 0. The molecule has 0 heterocycles. The van der Waals surface area contributed by atoms with Gasteiger partial charge in [0, 0.05) is 6.54 Å². The van der Waals surface area contributed by atoms with E-state index in [0.717, 1.165) is 17.9 Å². The van der Waals surface area contributed by atoms with E-state index in [1.54, 1.807) is 7.11 Å². The Kier molecular flexibility index (Phi) is 4.23. The van der Waals surface area contributed by atoms with Crippen molar-refractivity contribution in [1.29, 1.82) is 0 Å². The Bertz CT molecular complexity index is 575. The molecule has 0 aliphatic heterocycles. The van der Waals surface area contributed by atoms with Crippen molar-refractivity contribution in [2.75, 3.05) is 14.2 Å². The molecule has 2 rings (SSSR count). The van der Waals surface area contributed by atoms with E-state index in [9.17, 15) is 0 Å². The van der Waals surface area contributed by atoms with E-state index in [1.807, 2.05) is 13.1 Å². The minimum absolute atomic E-state index is 0.876. The highest BCUT2D eigenvalue weighted by atomic mass is 16.5. The molecule has 0 saturated heterocycles. The zero-order valence-corrected chi connectivity index (χ0v) is 12.1. The number of methoxy groups -OCH3 is 1. The predicted octanol–water partition coefficient (Wildman–Crippen LogP) is 3.70. The van der Waals surface area contributed by atoms with Gasteiger partial charge in [-0.05, 0) is 55.3 Å². The van der Waals surface area contributed by atoms with E-state index >= 15 is 0 Å². The quantitative estimate of drug-likeness (QED) is 0.899. The molecule has 1 N–H and O–H groups in total. The largest absolute Gasteiger partial charge is 0.496 e. The molecule has 0 atom stereocenters. The molecule has 0 amide bonds. The van der Waals surface area contributed by atoms with Gasteiger partial charge >= 0.3 is 0 Å². The van der Waals surface area contributed by atoms with Crippen LogP contribution in [0.2, 0.25) is 0 Å². The van der Waals surface area contributed by atoms with Gasteiger partial charge in [-0.3, -0.25) is 0 Å². The van der Waals surface area contributed by atoms with E-state index in [4.69, 9.17) is 4.74 Å². The van der Waals surface area contributed by atoms with Crippen LogP contribution >= 0.6 is 0 Å². The molecule has 2 aromatic carbocycles. The Balaban J connectivity index is 2.51. The fourth-order valence-corrected chi connectivity index (χ4v) is 2.35. The van der Waals surface area contributed by atoms with Crippen molar-refractivity contribution >= 4 is 0 Å². The van der Waals surface area contributed by atoms with Crippen LogP contribution in [-0.4, -0.2) is 14.2 Å². The van der Waals surface area contributed by atoms with Gasteiger partial charge in [-0.2, -0.15) is 0 Å². The van der Waals surface area contributed by atoms with Gasteiger partial charge in [0.05, 0.1) is 7.11 Å². The number of aryl methyl sites for hydroxylation is 2. The van der Waals surface area contributed by atoms with Gasteiger partial charge in [0.25, 0.3) is 0 Å². The molecular weight excluding hydrogens is 234 g/mol. The molecular formula is C17H21NO. The van der Waals surface area contributed by atoms with E-state index in [1.165, 1.54) is 22.3 Å². The molecule has 0 aliphatic rings. The Labute approximate surface area is 115 Å². The van der Waals surface area contributed by atoms with Crippen LogP contribution < -0.4 is 10.1 Å². The summed E-state index contributed by atoms with van der Waals surface area (Å²) in [6.45, 7) is 5.08. The van der Waals surface area contributed by atoms with E-state index in [0.29, 0.717) is 0 Å². The van der Waals surface area contributed by atoms with Gasteiger partial charge in [0.2, 0.25) is 0 Å². The number of benzene rings is 2. The topological polar surface area (TPSA) is 21.3 Å². The molecule has 0 unspecified atom stereocenters. The molecule has 0 saturated carbocycles. The van der Waals surface area contributed by atoms with Crippen LogP contribution in [0, 0.1) is 13.8 Å². The number of hydrogen-bond donors (Lipinski definition) is 1. The lowest BCUT2D eigenvalue weighted by atomic mass is 9.96. The van der Waals surface area contributed by atoms with Crippen LogP contribution in [-0.2, 0) is 6.54 Å². The van der Waals surface area contributed by atoms with Crippen molar-refractivity contribution in [3.63, 3.8) is 0 Å². The number of hydrogen-bond acceptors (Lipinski definition) is 2. The highest BCUT2D eigenvalue weighted by molar-refractivity contribution is 5.70. The summed E-state index contributed by atoms with van der Waals surface area (Å²) in [7, 11) is 3.68. The van der Waals surface area contributed by atoms with Crippen molar-refractivity contribution in [3.05, 3.63) is 53.1 Å². The van der Waals surface area contributed by atoms with Crippen molar-refractivity contribution < 1.29 is 4.74 Å². The first-order valence-corrected chi connectivity index (χ1v) is 6.55. The Morgan fingerprint density at radius 1 is 1.05 bits per heavy atom. The van der Waals surface area contributed by atoms with Crippen molar-refractivity contribution in [2.45, 2.75) is 20.4 Å². The third-order valence-corrected chi connectivity index (χ3v) is 3.34. The maximum atomic E-state index is 5.32. The van der Waals surface area contributed by atoms with Gasteiger partial charge in [0.1, 0.15) is 5.75 Å². The monoisotopic (exact) mass is 255 g/mol. The third-order valence-electron chi connectivity index (χ3n) is 3.34. The summed E-state index contributed by atoms with van der Waals surface area (Å²) in [4.78, 5) is 0. The lowest BCUT2D eigenvalue weighted by Gasteiger charge is -2.13. The molecule has 19 heavy (non-hydrogen) atoms. The van der Waals surface area contributed by atoms with Crippen molar-refractivity contribution in [3.8, 4) is 16.9 Å². The predicted molar refractivity (Wildman–Crippen MR) is 80.7 cm³/mol. The maximum Gasteiger partial charge on any atom is 0.121 e. The second-order valence-corrected chi connectivity index (χ2v) is 4.88. The van der Waals surface area contributed by atoms with Crippen LogP contribution in [0.15, 0.2) is 36.4 Å². The second-order valence-electron chi connectivity index (χ2n) is 4.88. The first kappa shape index (κ1) is 13.6. The minimum Gasteiger partial charge on any atom is -0.496 e. The lowest BCUT2D eigenvalue weighted by Crippen LogP contribution is -2.06. The maximum absolute atomic E-state index is 5.32. The zero-order valence-electron chi connectivity index (χ0n) is 12.1. The van der Waals surface area contributed by atoms with Crippen molar-refractivity contribution in [1.82, 2.24) is 5.32 Å². The lowest BCUT2D eigenvalue weighted by molar-refractivity contribution is 0.412. The standard InChI is InChI=1S/C17H21NO/c1-12-5-6-15(11-18-3)16(9-12)14-7-8-17(19-4)13(2)10-14/h5-10,18H,11H2,1-4H3. The molecule has 0 bridgehead atoms. The molecule has 0 aliphatic carbocycles. The molecule has 0 aromatic heterocycles. The fraction of sp³-hybridized carbons (Fsp3) is 0.294. The molecule has 0 fully saturated rings. The molecule has 0 spiro atoms. The first-order chi connectivity index (χ1) is 9.15. The Hall–Kier alpha value is -1.80. The van der Waals surface area contributed by atoms with Gasteiger partial charge in [-0.1, -0.05) is 29.8 Å². The summed E-state index contributed by atoms with van der Waals surface area (Å²) in [5.74, 6) is 0.937. The molecule has 2 aromatic rings. The van der Waals surface area contributed by atoms with Gasteiger partial charge < -0.3 is 10.1 Å². The second kappa shape index (κ2) is 5.89. The number of nitrogens with one attached hydrogen (secondary N) is 1. The van der Waals surface area contributed by atoms with Crippen molar-refractivity contribution in [2.24, 2.45) is 0 Å². The van der Waals surface area contributed by atoms with E-state index in [-0.39, 0.29) is 0 Å². The number of rotatable bonds is 4. The van der Waals surface area contributed by atoms with Crippen LogP contribution in [0.3, 0.4) is 0 Å². The van der Waals surface area contributed by atoms with Gasteiger partial charge in [-0.15, -0.1) is 0 Å². The number of ether oxygens (including phenoxy) is 1. The highest BCUT2D eigenvalue weighted by Crippen LogP contribution is 2.29. The average molecular weight is 255 g/mol. The highest BCUT2D eigenvalue weighted by Gasteiger charge is 2.07. The zero-order chi connectivity index (χ0) is 13.8. The Morgan fingerprint density at radius 3 is 2.47 bits per heavy atom. The van der Waals surface area contributed by atoms with E-state index in [2.05, 4.69) is 49.5 Å². The van der Waals surface area contributed by atoms with Crippen LogP contribution in [0.5, 0.6) is 5.75 Å². The molecule has 2 nitrogen and oxygen atoms in total. The van der Waals surface area contributed by atoms with Crippen LogP contribution in [0.1, 0.15) is 16.7 Å². The summed E-state index contributed by atoms with van der Waals surface area (Å²) >= 11 is 0. The third kappa shape index (κ3) is 2.96. The molecule has 0 radical (unpaired) electrons. The fourth-order valence-electron chi connectivity index (χ4n) is 2.35. The smallest absolute Gasteiger partial charge is 0.121 e. The van der Waals surface area contributed by atoms with Gasteiger partial charge in [-0.25, -0.2) is 0 Å².